The number of aromatic nitrogens is 2. The van der Waals surface area contributed by atoms with Crippen molar-refractivity contribution in [1.82, 2.24) is 14.5 Å². The fraction of sp³-hybridized carbons (Fsp3) is 0.467. The second-order valence-corrected chi connectivity index (χ2v) is 5.46. The minimum atomic E-state index is -0.221. The Labute approximate surface area is 118 Å². The molecule has 0 saturated carbocycles. The molecule has 1 fully saturated rings. The highest BCUT2D eigenvalue weighted by Gasteiger charge is 2.24. The molecule has 1 saturated heterocycles. The van der Waals surface area contributed by atoms with Crippen molar-refractivity contribution in [3.63, 3.8) is 0 Å². The molecule has 1 atom stereocenters. The highest BCUT2D eigenvalue weighted by Crippen LogP contribution is 2.22. The monoisotopic (exact) mass is 272 g/mol. The van der Waals surface area contributed by atoms with Gasteiger partial charge in [0.1, 0.15) is 6.04 Å². The van der Waals surface area contributed by atoms with Crippen molar-refractivity contribution in [3.8, 4) is 0 Å². The first-order valence-electron chi connectivity index (χ1n) is 7.17. The van der Waals surface area contributed by atoms with Crippen LogP contribution in [0, 0.1) is 0 Å². The first kappa shape index (κ1) is 13.0. The molecule has 0 bridgehead atoms. The van der Waals surface area contributed by atoms with Gasteiger partial charge in [0.05, 0.1) is 17.4 Å². The van der Waals surface area contributed by atoms with E-state index in [1.807, 2.05) is 34.6 Å². The first-order chi connectivity index (χ1) is 9.66. The van der Waals surface area contributed by atoms with Gasteiger partial charge >= 0.3 is 0 Å². The van der Waals surface area contributed by atoms with E-state index in [0.29, 0.717) is 5.69 Å². The zero-order chi connectivity index (χ0) is 14.1. The van der Waals surface area contributed by atoms with Gasteiger partial charge in [0.2, 0.25) is 5.91 Å². The molecule has 0 spiro atoms. The number of nitrogen functional groups attached to an aromatic ring is 1. The van der Waals surface area contributed by atoms with Crippen LogP contribution in [0.1, 0.15) is 32.2 Å². The van der Waals surface area contributed by atoms with Gasteiger partial charge in [-0.2, -0.15) is 0 Å². The minimum absolute atomic E-state index is 0.181. The van der Waals surface area contributed by atoms with Gasteiger partial charge in [-0.15, -0.1) is 0 Å². The zero-order valence-corrected chi connectivity index (χ0v) is 11.7. The lowest BCUT2D eigenvalue weighted by atomic mass is 10.1. The Morgan fingerprint density at radius 2 is 2.05 bits per heavy atom. The van der Waals surface area contributed by atoms with E-state index in [1.165, 1.54) is 6.42 Å². The van der Waals surface area contributed by atoms with Crippen LogP contribution in [0.15, 0.2) is 24.5 Å². The maximum Gasteiger partial charge on any atom is 0.245 e. The van der Waals surface area contributed by atoms with Crippen LogP contribution in [0.3, 0.4) is 0 Å². The summed E-state index contributed by atoms with van der Waals surface area (Å²) in [6.45, 7) is 3.69. The Kier molecular flexibility index (Phi) is 3.34. The van der Waals surface area contributed by atoms with E-state index >= 15 is 0 Å². The van der Waals surface area contributed by atoms with E-state index < -0.39 is 0 Å². The second-order valence-electron chi connectivity index (χ2n) is 5.46. The highest BCUT2D eigenvalue weighted by atomic mass is 16.2. The normalized spacial score (nSPS) is 17.4. The zero-order valence-electron chi connectivity index (χ0n) is 11.7. The number of hydrogen-bond acceptors (Lipinski definition) is 3. The summed E-state index contributed by atoms with van der Waals surface area (Å²) in [6.07, 6.45) is 5.18. The van der Waals surface area contributed by atoms with Crippen molar-refractivity contribution in [1.29, 1.82) is 0 Å². The van der Waals surface area contributed by atoms with Crippen LogP contribution < -0.4 is 5.73 Å². The third-order valence-corrected chi connectivity index (χ3v) is 4.04. The van der Waals surface area contributed by atoms with E-state index in [9.17, 15) is 4.79 Å². The second kappa shape index (κ2) is 5.15. The number of imidazole rings is 1. The number of hydrogen-bond donors (Lipinski definition) is 1. The molecule has 1 amide bonds. The number of fused-ring (bicyclic) bond motifs is 1. The van der Waals surface area contributed by atoms with Crippen LogP contribution in [-0.4, -0.2) is 33.4 Å². The first-order valence-corrected chi connectivity index (χ1v) is 7.17. The quantitative estimate of drug-likeness (QED) is 0.852. The summed E-state index contributed by atoms with van der Waals surface area (Å²) in [6, 6.07) is 5.39. The van der Waals surface area contributed by atoms with Gasteiger partial charge in [0.15, 0.2) is 0 Å². The molecule has 5 heteroatoms. The third kappa shape index (κ3) is 2.24. The summed E-state index contributed by atoms with van der Waals surface area (Å²) < 4.78 is 1.94. The van der Waals surface area contributed by atoms with Gasteiger partial charge in [0.25, 0.3) is 0 Å². The molecule has 3 rings (SSSR count). The van der Waals surface area contributed by atoms with Crippen molar-refractivity contribution in [2.24, 2.45) is 0 Å². The summed E-state index contributed by atoms with van der Waals surface area (Å²) >= 11 is 0. The number of carbonyl (C=O) groups excluding carboxylic acids is 1. The van der Waals surface area contributed by atoms with E-state index in [0.717, 1.165) is 37.0 Å². The molecule has 2 aromatic rings. The third-order valence-electron chi connectivity index (χ3n) is 4.04. The van der Waals surface area contributed by atoms with Crippen molar-refractivity contribution in [2.45, 2.75) is 32.2 Å². The Balaban J connectivity index is 1.88. The molecule has 1 aromatic heterocycles. The predicted molar refractivity (Wildman–Crippen MR) is 79.3 cm³/mol. The lowest BCUT2D eigenvalue weighted by Crippen LogP contribution is -2.39. The van der Waals surface area contributed by atoms with Crippen LogP contribution >= 0.6 is 0 Å². The molecule has 20 heavy (non-hydrogen) atoms. The summed E-state index contributed by atoms with van der Waals surface area (Å²) in [5.41, 5.74) is 8.25. The van der Waals surface area contributed by atoms with Crippen LogP contribution in [0.2, 0.25) is 0 Å². The predicted octanol–water partition coefficient (Wildman–Crippen LogP) is 2.19. The average Bonchev–Trinajstić information content (AvgIpc) is 2.89. The SMILES string of the molecule is CC(C(=O)N1CCCCC1)n1cnc2cc(N)ccc21. The van der Waals surface area contributed by atoms with Crippen molar-refractivity contribution >= 4 is 22.6 Å². The number of piperidine rings is 1. The molecular formula is C15H20N4O. The maximum atomic E-state index is 12.6. The van der Waals surface area contributed by atoms with Crippen molar-refractivity contribution in [2.75, 3.05) is 18.8 Å². The molecule has 1 aromatic carbocycles. The standard InChI is InChI=1S/C15H20N4O/c1-11(15(20)18-7-3-2-4-8-18)19-10-17-13-9-12(16)5-6-14(13)19/h5-6,9-11H,2-4,7-8,16H2,1H3. The highest BCUT2D eigenvalue weighted by molar-refractivity contribution is 5.84. The summed E-state index contributed by atoms with van der Waals surface area (Å²) in [7, 11) is 0. The summed E-state index contributed by atoms with van der Waals surface area (Å²) in [4.78, 5) is 18.9. The van der Waals surface area contributed by atoms with E-state index in [1.54, 1.807) is 6.33 Å². The number of nitrogens with two attached hydrogens (primary N) is 1. The van der Waals surface area contributed by atoms with Crippen molar-refractivity contribution < 1.29 is 4.79 Å². The Morgan fingerprint density at radius 3 is 2.80 bits per heavy atom. The molecular weight excluding hydrogens is 252 g/mol. The molecule has 2 N–H and O–H groups in total. The van der Waals surface area contributed by atoms with Gasteiger partial charge in [-0.25, -0.2) is 4.98 Å². The van der Waals surface area contributed by atoms with Crippen LogP contribution in [0.25, 0.3) is 11.0 Å². The summed E-state index contributed by atoms with van der Waals surface area (Å²) in [5.74, 6) is 0.181. The molecule has 106 valence electrons. The van der Waals surface area contributed by atoms with Crippen LogP contribution in [-0.2, 0) is 4.79 Å². The topological polar surface area (TPSA) is 64.2 Å². The van der Waals surface area contributed by atoms with Gasteiger partial charge < -0.3 is 15.2 Å². The molecule has 0 aliphatic carbocycles. The molecule has 0 radical (unpaired) electrons. The van der Waals surface area contributed by atoms with Crippen molar-refractivity contribution in [3.05, 3.63) is 24.5 Å². The Morgan fingerprint density at radius 1 is 1.30 bits per heavy atom. The van der Waals surface area contributed by atoms with Gasteiger partial charge in [-0.05, 0) is 44.4 Å². The number of amides is 1. The summed E-state index contributed by atoms with van der Waals surface area (Å²) in [5, 5.41) is 0. The number of carbonyl (C=O) groups is 1. The van der Waals surface area contributed by atoms with Crippen LogP contribution in [0.5, 0.6) is 0 Å². The molecule has 1 aliphatic rings. The lowest BCUT2D eigenvalue weighted by molar-refractivity contribution is -0.135. The molecule has 1 aliphatic heterocycles. The van der Waals surface area contributed by atoms with E-state index in [-0.39, 0.29) is 11.9 Å². The number of likely N-dealkylation sites (tertiary alicyclic amines) is 1. The van der Waals surface area contributed by atoms with Gasteiger partial charge in [-0.1, -0.05) is 0 Å². The number of benzene rings is 1. The van der Waals surface area contributed by atoms with E-state index in [2.05, 4.69) is 4.98 Å². The Hall–Kier alpha value is -2.04. The van der Waals surface area contributed by atoms with E-state index in [4.69, 9.17) is 5.73 Å². The molecule has 1 unspecified atom stereocenters. The smallest absolute Gasteiger partial charge is 0.245 e. The molecule has 2 heterocycles. The van der Waals surface area contributed by atoms with Gasteiger partial charge in [-0.3, -0.25) is 4.79 Å². The van der Waals surface area contributed by atoms with Crippen LogP contribution in [0.4, 0.5) is 5.69 Å². The number of nitrogens with zero attached hydrogens (tertiary/aromatic N) is 3. The molecule has 5 nitrogen and oxygen atoms in total. The fourth-order valence-corrected chi connectivity index (χ4v) is 2.85. The average molecular weight is 272 g/mol. The Bertz CT molecular complexity index is 628. The minimum Gasteiger partial charge on any atom is -0.399 e. The number of rotatable bonds is 2. The van der Waals surface area contributed by atoms with Gasteiger partial charge in [0, 0.05) is 18.8 Å². The maximum absolute atomic E-state index is 12.6. The fourth-order valence-electron chi connectivity index (χ4n) is 2.85. The largest absolute Gasteiger partial charge is 0.399 e. The number of anilines is 1. The lowest BCUT2D eigenvalue weighted by Gasteiger charge is -2.29.